The van der Waals surface area contributed by atoms with E-state index in [0.717, 1.165) is 10.0 Å². The second-order valence-corrected chi connectivity index (χ2v) is 5.42. The smallest absolute Gasteiger partial charge is 0.337 e. The summed E-state index contributed by atoms with van der Waals surface area (Å²) in [6.07, 6.45) is 0. The van der Waals surface area contributed by atoms with Crippen LogP contribution in [0.25, 0.3) is 0 Å². The number of hydrogen-bond acceptors (Lipinski definition) is 4. The first kappa shape index (κ1) is 16.4. The summed E-state index contributed by atoms with van der Waals surface area (Å²) >= 11 is 3.43. The highest BCUT2D eigenvalue weighted by Crippen LogP contribution is 2.29. The summed E-state index contributed by atoms with van der Waals surface area (Å²) in [6, 6.07) is 12.9. The first-order chi connectivity index (χ1) is 10.6. The van der Waals surface area contributed by atoms with Gasteiger partial charge in [0, 0.05) is 4.47 Å². The van der Waals surface area contributed by atoms with E-state index in [0.29, 0.717) is 30.3 Å². The molecule has 0 aromatic heterocycles. The van der Waals surface area contributed by atoms with Crippen molar-refractivity contribution in [2.24, 2.45) is 0 Å². The lowest BCUT2D eigenvalue weighted by Gasteiger charge is -2.13. The van der Waals surface area contributed by atoms with Crippen LogP contribution in [0.5, 0.6) is 11.5 Å². The zero-order valence-electron chi connectivity index (χ0n) is 12.5. The second kappa shape index (κ2) is 7.84. The maximum Gasteiger partial charge on any atom is 0.337 e. The number of esters is 1. The van der Waals surface area contributed by atoms with E-state index in [4.69, 9.17) is 14.2 Å². The van der Waals surface area contributed by atoms with E-state index in [1.807, 2.05) is 31.2 Å². The lowest BCUT2D eigenvalue weighted by molar-refractivity contribution is 0.0600. The monoisotopic (exact) mass is 364 g/mol. The van der Waals surface area contributed by atoms with Gasteiger partial charge in [0.2, 0.25) is 0 Å². The molecule has 5 heteroatoms. The topological polar surface area (TPSA) is 44.8 Å². The third kappa shape index (κ3) is 4.24. The number of halogens is 1. The van der Waals surface area contributed by atoms with Crippen LogP contribution in [0.1, 0.15) is 22.8 Å². The zero-order valence-corrected chi connectivity index (χ0v) is 14.1. The molecular weight excluding hydrogens is 348 g/mol. The molecule has 0 radical (unpaired) electrons. The van der Waals surface area contributed by atoms with Crippen molar-refractivity contribution < 1.29 is 19.0 Å². The minimum Gasteiger partial charge on any atom is -0.490 e. The number of methoxy groups -OCH3 is 1. The van der Waals surface area contributed by atoms with Gasteiger partial charge in [-0.05, 0) is 42.8 Å². The number of ether oxygens (including phenoxy) is 3. The van der Waals surface area contributed by atoms with Gasteiger partial charge in [0.15, 0.2) is 11.5 Å². The van der Waals surface area contributed by atoms with E-state index in [-0.39, 0.29) is 0 Å². The summed E-state index contributed by atoms with van der Waals surface area (Å²) in [5.74, 6) is 0.717. The Bertz CT molecular complexity index is 655. The van der Waals surface area contributed by atoms with Gasteiger partial charge in [-0.2, -0.15) is 0 Å². The van der Waals surface area contributed by atoms with Crippen LogP contribution in [0.15, 0.2) is 46.9 Å². The van der Waals surface area contributed by atoms with Crippen molar-refractivity contribution in [2.45, 2.75) is 13.5 Å². The third-order valence-electron chi connectivity index (χ3n) is 2.95. The van der Waals surface area contributed by atoms with Crippen molar-refractivity contribution in [1.82, 2.24) is 0 Å². The van der Waals surface area contributed by atoms with Crippen molar-refractivity contribution in [1.29, 1.82) is 0 Å². The number of carbonyl (C=O) groups is 1. The largest absolute Gasteiger partial charge is 0.490 e. The molecular formula is C17H17BrO4. The molecule has 0 aliphatic rings. The van der Waals surface area contributed by atoms with Crippen LogP contribution in [0.3, 0.4) is 0 Å². The van der Waals surface area contributed by atoms with Crippen molar-refractivity contribution in [2.75, 3.05) is 13.7 Å². The Morgan fingerprint density at radius 2 is 1.91 bits per heavy atom. The summed E-state index contributed by atoms with van der Waals surface area (Å²) in [6.45, 7) is 2.78. The van der Waals surface area contributed by atoms with Crippen LogP contribution in [0.4, 0.5) is 0 Å². The fourth-order valence-electron chi connectivity index (χ4n) is 1.93. The third-order valence-corrected chi connectivity index (χ3v) is 3.44. The quantitative estimate of drug-likeness (QED) is 0.720. The van der Waals surface area contributed by atoms with Crippen LogP contribution in [0.2, 0.25) is 0 Å². The molecule has 0 heterocycles. The van der Waals surface area contributed by atoms with Gasteiger partial charge in [-0.15, -0.1) is 0 Å². The van der Waals surface area contributed by atoms with Gasteiger partial charge in [-0.1, -0.05) is 28.1 Å². The summed E-state index contributed by atoms with van der Waals surface area (Å²) in [5, 5.41) is 0. The van der Waals surface area contributed by atoms with Crippen molar-refractivity contribution in [3.05, 3.63) is 58.1 Å². The fourth-order valence-corrected chi connectivity index (χ4v) is 2.37. The lowest BCUT2D eigenvalue weighted by atomic mass is 10.2. The molecule has 0 saturated carbocycles. The molecule has 0 spiro atoms. The number of rotatable bonds is 6. The van der Waals surface area contributed by atoms with Crippen LogP contribution in [-0.2, 0) is 11.3 Å². The van der Waals surface area contributed by atoms with Gasteiger partial charge in [-0.3, -0.25) is 0 Å². The Hall–Kier alpha value is -2.01. The Balaban J connectivity index is 2.17. The predicted molar refractivity (Wildman–Crippen MR) is 87.4 cm³/mol. The van der Waals surface area contributed by atoms with Gasteiger partial charge in [0.25, 0.3) is 0 Å². The molecule has 0 atom stereocenters. The molecule has 0 aliphatic heterocycles. The predicted octanol–water partition coefficient (Wildman–Crippen LogP) is 4.21. The zero-order chi connectivity index (χ0) is 15.9. The van der Waals surface area contributed by atoms with Gasteiger partial charge >= 0.3 is 5.97 Å². The summed E-state index contributed by atoms with van der Waals surface area (Å²) in [4.78, 5) is 11.6. The maximum absolute atomic E-state index is 11.6. The van der Waals surface area contributed by atoms with E-state index in [1.165, 1.54) is 7.11 Å². The van der Waals surface area contributed by atoms with Crippen molar-refractivity contribution in [3.8, 4) is 11.5 Å². The first-order valence-corrected chi connectivity index (χ1v) is 7.65. The van der Waals surface area contributed by atoms with Crippen LogP contribution < -0.4 is 9.47 Å². The standard InChI is InChI=1S/C17H17BrO4/c1-3-21-16-10-13(17(19)20-2)7-8-15(16)22-11-12-5-4-6-14(18)9-12/h4-10H,3,11H2,1-2H3. The molecule has 22 heavy (non-hydrogen) atoms. The molecule has 0 saturated heterocycles. The molecule has 0 unspecified atom stereocenters. The number of carbonyl (C=O) groups excluding carboxylic acids is 1. The SMILES string of the molecule is CCOc1cc(C(=O)OC)ccc1OCc1cccc(Br)c1. The van der Waals surface area contributed by atoms with Crippen LogP contribution in [-0.4, -0.2) is 19.7 Å². The van der Waals surface area contributed by atoms with E-state index in [9.17, 15) is 4.79 Å². The fraction of sp³-hybridized carbons (Fsp3) is 0.235. The van der Waals surface area contributed by atoms with Crippen molar-refractivity contribution >= 4 is 21.9 Å². The second-order valence-electron chi connectivity index (χ2n) is 4.50. The molecule has 2 rings (SSSR count). The normalized spacial score (nSPS) is 10.1. The van der Waals surface area contributed by atoms with E-state index >= 15 is 0 Å². The van der Waals surface area contributed by atoms with Crippen LogP contribution >= 0.6 is 15.9 Å². The highest BCUT2D eigenvalue weighted by molar-refractivity contribution is 9.10. The summed E-state index contributed by atoms with van der Waals surface area (Å²) in [5.41, 5.74) is 1.47. The maximum atomic E-state index is 11.6. The molecule has 0 amide bonds. The summed E-state index contributed by atoms with van der Waals surface area (Å²) in [7, 11) is 1.35. The average molecular weight is 365 g/mol. The Kier molecular flexibility index (Phi) is 5.83. The average Bonchev–Trinajstić information content (AvgIpc) is 2.53. The molecule has 2 aromatic carbocycles. The van der Waals surface area contributed by atoms with Gasteiger partial charge < -0.3 is 14.2 Å². The Labute approximate surface area is 138 Å². The molecule has 4 nitrogen and oxygen atoms in total. The van der Waals surface area contributed by atoms with Gasteiger partial charge in [0.05, 0.1) is 19.3 Å². The molecule has 116 valence electrons. The Morgan fingerprint density at radius 3 is 2.59 bits per heavy atom. The minimum atomic E-state index is -0.403. The molecule has 2 aromatic rings. The highest BCUT2D eigenvalue weighted by atomic mass is 79.9. The highest BCUT2D eigenvalue weighted by Gasteiger charge is 2.12. The number of benzene rings is 2. The summed E-state index contributed by atoms with van der Waals surface area (Å²) < 4.78 is 17.1. The lowest BCUT2D eigenvalue weighted by Crippen LogP contribution is -2.04. The molecule has 0 bridgehead atoms. The molecule has 0 N–H and O–H groups in total. The molecule has 0 fully saturated rings. The van der Waals surface area contributed by atoms with E-state index < -0.39 is 5.97 Å². The van der Waals surface area contributed by atoms with E-state index in [2.05, 4.69) is 15.9 Å². The minimum absolute atomic E-state index is 0.403. The van der Waals surface area contributed by atoms with E-state index in [1.54, 1.807) is 18.2 Å². The number of hydrogen-bond donors (Lipinski definition) is 0. The first-order valence-electron chi connectivity index (χ1n) is 6.86. The molecule has 0 aliphatic carbocycles. The van der Waals surface area contributed by atoms with Gasteiger partial charge in [-0.25, -0.2) is 4.79 Å². The van der Waals surface area contributed by atoms with Crippen LogP contribution in [0, 0.1) is 0 Å². The van der Waals surface area contributed by atoms with Gasteiger partial charge in [0.1, 0.15) is 6.61 Å². The Morgan fingerprint density at radius 1 is 1.09 bits per heavy atom. The van der Waals surface area contributed by atoms with Crippen molar-refractivity contribution in [3.63, 3.8) is 0 Å².